The first-order chi connectivity index (χ1) is 22.8. The summed E-state index contributed by atoms with van der Waals surface area (Å²) < 4.78 is 11.0. The maximum Gasteiger partial charge on any atom is 0.274 e. The number of halogens is 2. The highest BCUT2D eigenvalue weighted by molar-refractivity contribution is 6.39. The lowest BCUT2D eigenvalue weighted by molar-refractivity contribution is -0.119. The molecule has 4 aromatic rings. The van der Waals surface area contributed by atoms with Crippen molar-refractivity contribution < 1.29 is 24.2 Å². The minimum atomic E-state index is -0.483. The highest BCUT2D eigenvalue weighted by Crippen LogP contribution is 2.40. The van der Waals surface area contributed by atoms with E-state index in [0.29, 0.717) is 77.5 Å². The fourth-order valence-electron chi connectivity index (χ4n) is 5.18. The molecule has 0 aliphatic carbocycles. The van der Waals surface area contributed by atoms with E-state index in [1.54, 1.807) is 49.8 Å². The summed E-state index contributed by atoms with van der Waals surface area (Å²) in [6, 6.07) is 12.4. The summed E-state index contributed by atoms with van der Waals surface area (Å²) in [7, 11) is 3.07. The molecular formula is C33H35Cl2N7O5. The van der Waals surface area contributed by atoms with E-state index in [2.05, 4.69) is 31.2 Å². The Labute approximate surface area is 282 Å². The van der Waals surface area contributed by atoms with Crippen LogP contribution in [0.25, 0.3) is 22.5 Å². The molecule has 1 aromatic carbocycles. The van der Waals surface area contributed by atoms with Crippen molar-refractivity contribution in [2.75, 3.05) is 39.2 Å². The molecular weight excluding hydrogens is 645 g/mol. The Hall–Kier alpha value is -4.33. The third kappa shape index (κ3) is 8.16. The predicted molar refractivity (Wildman–Crippen MR) is 180 cm³/mol. The molecule has 246 valence electrons. The second kappa shape index (κ2) is 16.0. The predicted octanol–water partition coefficient (Wildman–Crippen LogP) is 4.23. The number of benzene rings is 1. The number of nitrogens with zero attached hydrogens (tertiary/aromatic N) is 3. The van der Waals surface area contributed by atoms with Crippen LogP contribution in [-0.2, 0) is 17.9 Å². The largest absolute Gasteiger partial charge is 0.496 e. The molecule has 12 nitrogen and oxygen atoms in total. The zero-order valence-corrected chi connectivity index (χ0v) is 27.4. The van der Waals surface area contributed by atoms with Gasteiger partial charge in [-0.2, -0.15) is 0 Å². The van der Waals surface area contributed by atoms with Gasteiger partial charge in [-0.15, -0.1) is 0 Å². The first-order valence-electron chi connectivity index (χ1n) is 15.0. The lowest BCUT2D eigenvalue weighted by Crippen LogP contribution is -2.35. The smallest absolute Gasteiger partial charge is 0.274 e. The number of pyridine rings is 3. The number of aromatic nitrogens is 3. The number of aliphatic hydroxyl groups is 1. The lowest BCUT2D eigenvalue weighted by Gasteiger charge is -2.15. The topological polar surface area (TPSA) is 160 Å². The summed E-state index contributed by atoms with van der Waals surface area (Å²) in [6.45, 7) is 2.01. The zero-order chi connectivity index (χ0) is 33.3. The van der Waals surface area contributed by atoms with Crippen LogP contribution in [0.15, 0.2) is 54.9 Å². The van der Waals surface area contributed by atoms with Crippen molar-refractivity contribution in [3.05, 3.63) is 81.7 Å². The molecule has 0 unspecified atom stereocenters. The Morgan fingerprint density at radius 1 is 1.02 bits per heavy atom. The van der Waals surface area contributed by atoms with Gasteiger partial charge in [0.25, 0.3) is 5.91 Å². The minimum Gasteiger partial charge on any atom is -0.496 e. The van der Waals surface area contributed by atoms with Gasteiger partial charge in [-0.1, -0.05) is 41.4 Å². The van der Waals surface area contributed by atoms with E-state index in [4.69, 9.17) is 42.8 Å². The molecule has 3 aromatic heterocycles. The van der Waals surface area contributed by atoms with Crippen LogP contribution in [0.1, 0.15) is 34.5 Å². The molecule has 5 N–H and O–H groups in total. The van der Waals surface area contributed by atoms with Crippen molar-refractivity contribution in [1.82, 2.24) is 30.9 Å². The Bertz CT molecular complexity index is 1760. The first-order valence-corrected chi connectivity index (χ1v) is 15.7. The fourth-order valence-corrected chi connectivity index (χ4v) is 5.76. The number of ether oxygens (including phenoxy) is 2. The number of aliphatic hydroxyl groups excluding tert-OH is 1. The lowest BCUT2D eigenvalue weighted by atomic mass is 10.1. The molecule has 0 saturated carbocycles. The number of nitrogens with one attached hydrogen (secondary N) is 4. The van der Waals surface area contributed by atoms with Crippen molar-refractivity contribution in [1.29, 1.82) is 0 Å². The molecule has 1 saturated heterocycles. The van der Waals surface area contributed by atoms with Gasteiger partial charge in [0.05, 0.1) is 47.9 Å². The first kappa shape index (κ1) is 34.0. The van der Waals surface area contributed by atoms with Gasteiger partial charge in [0, 0.05) is 79.4 Å². The Kier molecular flexibility index (Phi) is 11.6. The SMILES string of the molecule is COc1cc(C(=O)Nc2cccc(-c3nccc(-c4ccc(CNC[C@H]5CCC(=O)N5)c(OC)n4)c3Cl)c2Cl)ncc1CNCCO. The summed E-state index contributed by atoms with van der Waals surface area (Å²) in [5, 5.41) is 21.8. The van der Waals surface area contributed by atoms with Crippen LogP contribution in [0, 0.1) is 0 Å². The van der Waals surface area contributed by atoms with Crippen LogP contribution in [-0.4, -0.2) is 71.8 Å². The van der Waals surface area contributed by atoms with Gasteiger partial charge in [0.15, 0.2) is 0 Å². The van der Waals surface area contributed by atoms with E-state index in [-0.39, 0.29) is 29.3 Å². The van der Waals surface area contributed by atoms with Gasteiger partial charge in [0.1, 0.15) is 11.4 Å². The van der Waals surface area contributed by atoms with E-state index in [1.807, 2.05) is 12.1 Å². The van der Waals surface area contributed by atoms with Gasteiger partial charge in [-0.25, -0.2) is 4.98 Å². The molecule has 1 atom stereocenters. The van der Waals surface area contributed by atoms with Crippen molar-refractivity contribution >= 4 is 40.7 Å². The average Bonchev–Trinajstić information content (AvgIpc) is 3.50. The van der Waals surface area contributed by atoms with Gasteiger partial charge in [-0.05, 0) is 24.6 Å². The van der Waals surface area contributed by atoms with E-state index in [9.17, 15) is 9.59 Å². The highest BCUT2D eigenvalue weighted by atomic mass is 35.5. The third-order valence-corrected chi connectivity index (χ3v) is 8.38. The van der Waals surface area contributed by atoms with Crippen molar-refractivity contribution in [3.63, 3.8) is 0 Å². The molecule has 5 rings (SSSR count). The maximum atomic E-state index is 13.2. The number of anilines is 1. The maximum absolute atomic E-state index is 13.2. The van der Waals surface area contributed by atoms with Crippen LogP contribution in [0.4, 0.5) is 5.69 Å². The molecule has 47 heavy (non-hydrogen) atoms. The monoisotopic (exact) mass is 679 g/mol. The average molecular weight is 681 g/mol. The number of carbonyl (C=O) groups excluding carboxylic acids is 2. The molecule has 0 radical (unpaired) electrons. The Morgan fingerprint density at radius 3 is 2.60 bits per heavy atom. The number of rotatable bonds is 14. The summed E-state index contributed by atoms with van der Waals surface area (Å²) in [5.41, 5.74) is 4.21. The second-order valence-electron chi connectivity index (χ2n) is 10.7. The number of carbonyl (C=O) groups is 2. The Morgan fingerprint density at radius 2 is 1.85 bits per heavy atom. The molecule has 0 spiro atoms. The van der Waals surface area contributed by atoms with Crippen LogP contribution in [0.3, 0.4) is 0 Å². The van der Waals surface area contributed by atoms with E-state index < -0.39 is 5.91 Å². The van der Waals surface area contributed by atoms with E-state index in [0.717, 1.165) is 17.5 Å². The van der Waals surface area contributed by atoms with Gasteiger partial charge < -0.3 is 35.8 Å². The van der Waals surface area contributed by atoms with Crippen molar-refractivity contribution in [2.24, 2.45) is 0 Å². The summed E-state index contributed by atoms with van der Waals surface area (Å²) in [5.74, 6) is 0.527. The minimum absolute atomic E-state index is 0.00254. The number of hydrogen-bond donors (Lipinski definition) is 5. The summed E-state index contributed by atoms with van der Waals surface area (Å²) in [4.78, 5) is 38.1. The number of amides is 2. The van der Waals surface area contributed by atoms with Crippen molar-refractivity contribution in [3.8, 4) is 34.1 Å². The molecule has 0 bridgehead atoms. The van der Waals surface area contributed by atoms with E-state index >= 15 is 0 Å². The third-order valence-electron chi connectivity index (χ3n) is 7.59. The molecule has 1 aliphatic heterocycles. The van der Waals surface area contributed by atoms with Crippen LogP contribution < -0.4 is 30.7 Å². The molecule has 1 fully saturated rings. The normalized spacial score (nSPS) is 14.1. The van der Waals surface area contributed by atoms with Gasteiger partial charge >= 0.3 is 0 Å². The Balaban J connectivity index is 1.34. The molecule has 14 heteroatoms. The van der Waals surface area contributed by atoms with Crippen LogP contribution >= 0.6 is 23.2 Å². The molecule has 2 amide bonds. The van der Waals surface area contributed by atoms with Gasteiger partial charge in [-0.3, -0.25) is 19.6 Å². The summed E-state index contributed by atoms with van der Waals surface area (Å²) >= 11 is 13.7. The van der Waals surface area contributed by atoms with Crippen LogP contribution in [0.5, 0.6) is 11.6 Å². The van der Waals surface area contributed by atoms with Crippen molar-refractivity contribution in [2.45, 2.75) is 32.0 Å². The summed E-state index contributed by atoms with van der Waals surface area (Å²) in [6.07, 6.45) is 4.53. The molecule has 4 heterocycles. The fraction of sp³-hybridized carbons (Fsp3) is 0.303. The second-order valence-corrected chi connectivity index (χ2v) is 11.5. The molecule has 1 aliphatic rings. The quantitative estimate of drug-likeness (QED) is 0.122. The van der Waals surface area contributed by atoms with Gasteiger partial charge in [0.2, 0.25) is 11.8 Å². The zero-order valence-electron chi connectivity index (χ0n) is 25.9. The van der Waals surface area contributed by atoms with E-state index in [1.165, 1.54) is 7.11 Å². The highest BCUT2D eigenvalue weighted by Gasteiger charge is 2.21. The van der Waals surface area contributed by atoms with Crippen LogP contribution in [0.2, 0.25) is 10.0 Å². The number of methoxy groups -OCH3 is 2. The standard InChI is InChI=1S/C33H35Cl2N7O5/c1-46-27-14-26(39-17-20(27)16-36-12-13-43)32(45)41-25-5-3-4-23(29(25)34)31-30(35)22(10-11-38-31)24-8-6-19(33(42-24)47-2)15-37-18-21-7-9-28(44)40-21/h3-6,8,10-11,14,17,21,36-37,43H,7,9,12-13,15-16,18H2,1-2H3,(H,40,44)(H,41,45)/t21-/m1/s1. The number of hydrogen-bond acceptors (Lipinski definition) is 10.